The summed E-state index contributed by atoms with van der Waals surface area (Å²) in [5.41, 5.74) is 1.82. The molecule has 287 valence electrons. The van der Waals surface area contributed by atoms with E-state index in [0.717, 1.165) is 49.9 Å². The molecule has 0 atom stereocenters. The molecule has 0 aliphatic heterocycles. The van der Waals surface area contributed by atoms with Gasteiger partial charge >= 0.3 is 12.4 Å². The van der Waals surface area contributed by atoms with E-state index >= 15 is 0 Å². The number of halogens is 6. The van der Waals surface area contributed by atoms with Gasteiger partial charge in [-0.05, 0) is 86.0 Å². The van der Waals surface area contributed by atoms with Gasteiger partial charge in [0.05, 0.1) is 22.5 Å². The Kier molecular flexibility index (Phi) is 13.6. The molecule has 0 fully saturated rings. The first-order valence-electron chi connectivity index (χ1n) is 17.0. The van der Waals surface area contributed by atoms with Crippen LogP contribution in [0.4, 0.5) is 26.3 Å². The van der Waals surface area contributed by atoms with Crippen molar-refractivity contribution in [3.63, 3.8) is 0 Å². The Hall–Kier alpha value is -4.81. The fraction of sp³-hybridized carbons (Fsp3) is 0.300. The average Bonchev–Trinajstić information content (AvgIpc) is 3.76. The molecule has 54 heavy (non-hydrogen) atoms. The number of oxazole rings is 2. The van der Waals surface area contributed by atoms with Gasteiger partial charge < -0.3 is 18.9 Å². The molecule has 0 aliphatic rings. The Labute approximate surface area is 320 Å². The van der Waals surface area contributed by atoms with Crippen LogP contribution in [0.25, 0.3) is 56.4 Å². The van der Waals surface area contributed by atoms with E-state index in [-0.39, 0.29) is 55.3 Å². The van der Waals surface area contributed by atoms with Crippen LogP contribution >= 0.6 is 0 Å². The second-order valence-corrected chi connectivity index (χ2v) is 12.3. The van der Waals surface area contributed by atoms with E-state index in [2.05, 4.69) is 21.0 Å². The number of hydrogen-bond donors (Lipinski definition) is 1. The van der Waals surface area contributed by atoms with Gasteiger partial charge in [-0.3, -0.25) is 4.79 Å². The number of alkyl halides is 6. The number of nitrogens with zero attached hydrogens (tertiary/aromatic N) is 3. The summed E-state index contributed by atoms with van der Waals surface area (Å²) in [6, 6.07) is 16.8. The van der Waals surface area contributed by atoms with Crippen LogP contribution in [0.15, 0.2) is 93.6 Å². The van der Waals surface area contributed by atoms with E-state index in [1.54, 1.807) is 18.2 Å². The van der Waals surface area contributed by atoms with Gasteiger partial charge in [-0.25, -0.2) is 9.97 Å². The largest absolute Gasteiger partial charge is 0.512 e. The molecule has 0 saturated heterocycles. The summed E-state index contributed by atoms with van der Waals surface area (Å²) in [7, 11) is 0. The number of ketones is 1. The first kappa shape index (κ1) is 41.9. The molecule has 3 heterocycles. The maximum Gasteiger partial charge on any atom is 0.416 e. The molecule has 1 N–H and O–H groups in total. The van der Waals surface area contributed by atoms with Crippen LogP contribution in [0, 0.1) is 17.9 Å². The second-order valence-electron chi connectivity index (χ2n) is 12.3. The number of allylic oxidation sites excluding steroid dienone is 2. The van der Waals surface area contributed by atoms with Crippen LogP contribution in [0.3, 0.4) is 0 Å². The molecule has 3 aromatic heterocycles. The molecule has 0 saturated carbocycles. The maximum absolute atomic E-state index is 12.8. The van der Waals surface area contributed by atoms with E-state index in [9.17, 15) is 36.2 Å². The summed E-state index contributed by atoms with van der Waals surface area (Å²) in [5, 5.41) is 9.76. The van der Waals surface area contributed by atoms with Crippen molar-refractivity contribution in [1.82, 2.24) is 15.0 Å². The number of carbonyl (C=O) groups excluding carboxylic acids is 1. The minimum absolute atomic E-state index is 0. The van der Waals surface area contributed by atoms with Gasteiger partial charge in [0, 0.05) is 60.9 Å². The minimum atomic E-state index is -4.45. The van der Waals surface area contributed by atoms with E-state index in [0.29, 0.717) is 44.6 Å². The van der Waals surface area contributed by atoms with Crippen LogP contribution in [-0.4, -0.2) is 25.8 Å². The number of hydrogen-bond acceptors (Lipinski definition) is 7. The summed E-state index contributed by atoms with van der Waals surface area (Å²) in [5.74, 6) is 0.843. The molecule has 6 rings (SSSR count). The number of aromatic nitrogens is 3. The zero-order valence-electron chi connectivity index (χ0n) is 29.6. The van der Waals surface area contributed by atoms with Crippen molar-refractivity contribution in [2.24, 2.45) is 11.8 Å². The normalized spacial score (nSPS) is 12.3. The number of aliphatic hydroxyl groups is 1. The summed E-state index contributed by atoms with van der Waals surface area (Å²) in [4.78, 5) is 24.8. The van der Waals surface area contributed by atoms with Crippen LogP contribution in [0.1, 0.15) is 64.5 Å². The number of rotatable bonds is 10. The third-order valence-corrected chi connectivity index (χ3v) is 8.87. The SMILES string of the molecule is CCC(CC)C(=O)/C=C(\O)C(CC)CC.FC(F)(F)c1ccc(-c2nc3cc(-c4cc5oc(-c6ccc(C(F)(F)F)cc6)nc5cn4)[c-]cc3o2)cc1.[Ir]. The van der Waals surface area contributed by atoms with Crippen LogP contribution in [0.2, 0.25) is 0 Å². The quantitative estimate of drug-likeness (QED) is 0.0632. The van der Waals surface area contributed by atoms with Crippen LogP contribution < -0.4 is 0 Å². The van der Waals surface area contributed by atoms with Crippen molar-refractivity contribution < 1.29 is 65.2 Å². The first-order chi connectivity index (χ1) is 25.1. The number of pyridine rings is 1. The first-order valence-corrected chi connectivity index (χ1v) is 17.0. The van der Waals surface area contributed by atoms with Gasteiger partial charge in [0.2, 0.25) is 11.8 Å². The Morgan fingerprint density at radius 1 is 0.741 bits per heavy atom. The third-order valence-electron chi connectivity index (χ3n) is 8.87. The fourth-order valence-electron chi connectivity index (χ4n) is 5.63. The molecule has 0 spiro atoms. The smallest absolute Gasteiger partial charge is 0.416 e. The number of carbonyl (C=O) groups is 1. The molecule has 0 bridgehead atoms. The van der Waals surface area contributed by atoms with Crippen molar-refractivity contribution in [2.45, 2.75) is 65.7 Å². The van der Waals surface area contributed by atoms with Crippen LogP contribution in [0.5, 0.6) is 0 Å². The molecule has 0 aliphatic carbocycles. The van der Waals surface area contributed by atoms with E-state index < -0.39 is 23.5 Å². The number of benzene rings is 3. The van der Waals surface area contributed by atoms with E-state index in [1.807, 2.05) is 27.7 Å². The Morgan fingerprint density at radius 2 is 1.22 bits per heavy atom. The van der Waals surface area contributed by atoms with Crippen molar-refractivity contribution >= 4 is 28.0 Å². The molecular formula is C40H36F6IrN3O4-. The van der Waals surface area contributed by atoms with Crippen molar-refractivity contribution in [3.05, 3.63) is 102 Å². The van der Waals surface area contributed by atoms with Gasteiger partial charge in [-0.1, -0.05) is 27.7 Å². The Morgan fingerprint density at radius 3 is 1.70 bits per heavy atom. The van der Waals surface area contributed by atoms with Crippen molar-refractivity contribution in [1.29, 1.82) is 0 Å². The number of fused-ring (bicyclic) bond motifs is 2. The number of aliphatic hydroxyl groups excluding tert-OH is 1. The molecule has 3 aromatic carbocycles. The van der Waals surface area contributed by atoms with E-state index in [1.165, 1.54) is 36.5 Å². The summed E-state index contributed by atoms with van der Waals surface area (Å²) in [6.07, 6.45) is -2.52. The summed E-state index contributed by atoms with van der Waals surface area (Å²) < 4.78 is 88.5. The predicted molar refractivity (Wildman–Crippen MR) is 188 cm³/mol. The summed E-state index contributed by atoms with van der Waals surface area (Å²) in [6.45, 7) is 8.07. The van der Waals surface area contributed by atoms with Gasteiger partial charge in [0.15, 0.2) is 5.78 Å². The molecule has 14 heteroatoms. The van der Waals surface area contributed by atoms with Gasteiger partial charge in [0.25, 0.3) is 0 Å². The van der Waals surface area contributed by atoms with E-state index in [4.69, 9.17) is 8.83 Å². The van der Waals surface area contributed by atoms with Crippen molar-refractivity contribution in [2.75, 3.05) is 0 Å². The zero-order valence-corrected chi connectivity index (χ0v) is 32.0. The third kappa shape index (κ3) is 9.83. The zero-order chi connectivity index (χ0) is 38.5. The molecule has 6 aromatic rings. The predicted octanol–water partition coefficient (Wildman–Crippen LogP) is 12.1. The second kappa shape index (κ2) is 17.6. The minimum Gasteiger partial charge on any atom is -0.512 e. The molecular weight excluding hydrogens is 893 g/mol. The standard InChI is InChI=1S/C27H12F6N3O2.C13H24O2.Ir/c28-26(29,30)17-6-1-14(2-7-17)24-35-20-11-16(5-10-22(20)37-24)19-12-23-21(13-34-19)36-25(38-23)15-3-8-18(9-4-15)27(31,32)33;1-5-10(6-2)12(14)9-13(15)11(7-3)8-4;/h1-4,6-13H;9-11,14H,5-8H2,1-4H3;/q-1;;/b;12-9-;. The van der Waals surface area contributed by atoms with Crippen LogP contribution in [-0.2, 0) is 37.3 Å². The van der Waals surface area contributed by atoms with Gasteiger partial charge in [-0.2, -0.15) is 26.3 Å². The molecule has 7 nitrogen and oxygen atoms in total. The molecule has 0 amide bonds. The maximum atomic E-state index is 12.8. The molecule has 1 radical (unpaired) electrons. The monoisotopic (exact) mass is 929 g/mol. The van der Waals surface area contributed by atoms with Crippen molar-refractivity contribution in [3.8, 4) is 34.2 Å². The fourth-order valence-corrected chi connectivity index (χ4v) is 5.63. The van der Waals surface area contributed by atoms with Gasteiger partial charge in [0.1, 0.15) is 11.1 Å². The summed E-state index contributed by atoms with van der Waals surface area (Å²) >= 11 is 0. The average molecular weight is 929 g/mol. The van der Waals surface area contributed by atoms with Gasteiger partial charge in [-0.15, -0.1) is 23.8 Å². The topological polar surface area (TPSA) is 102 Å². The Balaban J connectivity index is 0.000000347. The Bertz CT molecular complexity index is 2070. The molecule has 0 unspecified atom stereocenters.